The van der Waals surface area contributed by atoms with Gasteiger partial charge in [0.2, 0.25) is 0 Å². The number of fused-ring (bicyclic) bond motifs is 3. The molecule has 2 unspecified atom stereocenters. The molecular formula is C31H29N7. The van der Waals surface area contributed by atoms with Crippen LogP contribution in [0.15, 0.2) is 66.7 Å². The average Bonchev–Trinajstić information content (AvgIpc) is 3.77. The van der Waals surface area contributed by atoms with Gasteiger partial charge in [-0.3, -0.25) is 0 Å². The zero-order valence-electron chi connectivity index (χ0n) is 21.1. The van der Waals surface area contributed by atoms with Crippen molar-refractivity contribution in [1.29, 1.82) is 0 Å². The predicted octanol–water partition coefficient (Wildman–Crippen LogP) is 6.17. The minimum absolute atomic E-state index is 0.333. The summed E-state index contributed by atoms with van der Waals surface area (Å²) in [7, 11) is 0. The Kier molecular flexibility index (Phi) is 5.06. The molecule has 0 bridgehead atoms. The molecule has 7 heteroatoms. The van der Waals surface area contributed by atoms with Gasteiger partial charge in [-0.2, -0.15) is 0 Å². The number of nitrogens with one attached hydrogen (secondary N) is 4. The largest absolute Gasteiger partial charge is 0.341 e. The lowest BCUT2D eigenvalue weighted by atomic mass is 10.0. The molecule has 7 nitrogen and oxygen atoms in total. The number of imidazole rings is 2. The molecule has 8 rings (SSSR count). The number of aromatic nitrogens is 5. The van der Waals surface area contributed by atoms with Gasteiger partial charge in [0.1, 0.15) is 11.6 Å². The smallest absolute Gasteiger partial charge is 0.124 e. The minimum atomic E-state index is 0.333. The molecule has 0 amide bonds. The second-order valence-electron chi connectivity index (χ2n) is 10.6. The summed E-state index contributed by atoms with van der Waals surface area (Å²) in [5.41, 5.74) is 9.57. The highest BCUT2D eigenvalue weighted by Crippen LogP contribution is 2.31. The second kappa shape index (κ2) is 8.75. The summed E-state index contributed by atoms with van der Waals surface area (Å²) in [6, 6.07) is 24.3. The van der Waals surface area contributed by atoms with Gasteiger partial charge in [-0.05, 0) is 92.4 Å². The van der Waals surface area contributed by atoms with E-state index in [1.54, 1.807) is 0 Å². The molecule has 0 aliphatic carbocycles. The van der Waals surface area contributed by atoms with Crippen LogP contribution in [0.3, 0.4) is 0 Å². The first kappa shape index (κ1) is 22.0. The number of benzene rings is 3. The average molecular weight is 500 g/mol. The van der Waals surface area contributed by atoms with Crippen molar-refractivity contribution < 1.29 is 0 Å². The van der Waals surface area contributed by atoms with Gasteiger partial charge in [0.25, 0.3) is 0 Å². The molecule has 3 aromatic carbocycles. The van der Waals surface area contributed by atoms with Gasteiger partial charge in [0.05, 0.1) is 45.4 Å². The molecule has 5 heterocycles. The molecule has 188 valence electrons. The van der Waals surface area contributed by atoms with E-state index in [4.69, 9.17) is 15.0 Å². The van der Waals surface area contributed by atoms with E-state index in [9.17, 15) is 0 Å². The lowest BCUT2D eigenvalue weighted by Gasteiger charge is -2.07. The highest BCUT2D eigenvalue weighted by atomic mass is 15.0. The molecule has 2 saturated heterocycles. The summed E-state index contributed by atoms with van der Waals surface area (Å²) in [4.78, 5) is 21.7. The van der Waals surface area contributed by atoms with E-state index < -0.39 is 0 Å². The van der Waals surface area contributed by atoms with E-state index >= 15 is 0 Å². The third-order valence-electron chi connectivity index (χ3n) is 8.10. The third kappa shape index (κ3) is 3.78. The van der Waals surface area contributed by atoms with Crippen LogP contribution in [0.1, 0.15) is 49.4 Å². The lowest BCUT2D eigenvalue weighted by Crippen LogP contribution is -2.13. The number of hydrogen-bond donors (Lipinski definition) is 4. The van der Waals surface area contributed by atoms with Crippen LogP contribution in [0.4, 0.5) is 0 Å². The highest BCUT2D eigenvalue weighted by molar-refractivity contribution is 5.89. The molecule has 38 heavy (non-hydrogen) atoms. The zero-order valence-corrected chi connectivity index (χ0v) is 21.1. The fraction of sp³-hybridized carbons (Fsp3) is 0.258. The van der Waals surface area contributed by atoms with E-state index in [0.29, 0.717) is 12.1 Å². The van der Waals surface area contributed by atoms with Gasteiger partial charge in [0.15, 0.2) is 0 Å². The number of pyridine rings is 1. The fourth-order valence-electron chi connectivity index (χ4n) is 6.03. The molecule has 2 aliphatic heterocycles. The van der Waals surface area contributed by atoms with Crippen molar-refractivity contribution in [2.45, 2.75) is 37.8 Å². The maximum atomic E-state index is 5.00. The Labute approximate surface area is 220 Å². The first-order valence-corrected chi connectivity index (χ1v) is 13.6. The number of nitrogens with zero attached hydrogens (tertiary/aromatic N) is 3. The maximum Gasteiger partial charge on any atom is 0.124 e. The number of hydrogen-bond acceptors (Lipinski definition) is 5. The van der Waals surface area contributed by atoms with Crippen molar-refractivity contribution >= 4 is 33.0 Å². The summed E-state index contributed by atoms with van der Waals surface area (Å²) >= 11 is 0. The van der Waals surface area contributed by atoms with Crippen LogP contribution >= 0.6 is 0 Å². The Hall–Kier alpha value is -4.07. The number of H-pyrrole nitrogens is 2. The molecule has 2 aliphatic rings. The van der Waals surface area contributed by atoms with Crippen LogP contribution in [-0.2, 0) is 0 Å². The second-order valence-corrected chi connectivity index (χ2v) is 10.6. The highest BCUT2D eigenvalue weighted by Gasteiger charge is 2.21. The topological polar surface area (TPSA) is 94.3 Å². The first-order chi connectivity index (χ1) is 18.8. The standard InChI is InChI=1S/C31H29N7/c1-3-26(32-13-1)30-35-24-11-6-19(16-28(24)37-30)18-5-9-22-20(15-18)7-10-23(34-22)21-8-12-25-29(17-21)38-31(36-25)27-4-2-14-33-27/h5-12,15-17,26-27,32-33H,1-4,13-14H2,(H,35,37)(H,36,38). The predicted molar refractivity (Wildman–Crippen MR) is 152 cm³/mol. The Morgan fingerprint density at radius 2 is 1.13 bits per heavy atom. The molecule has 0 spiro atoms. The fourth-order valence-corrected chi connectivity index (χ4v) is 6.03. The van der Waals surface area contributed by atoms with Crippen LogP contribution in [-0.4, -0.2) is 38.0 Å². The van der Waals surface area contributed by atoms with Gasteiger partial charge in [0, 0.05) is 10.9 Å². The van der Waals surface area contributed by atoms with Crippen molar-refractivity contribution in [3.8, 4) is 22.4 Å². The molecule has 6 aromatic rings. The number of rotatable bonds is 4. The SMILES string of the molecule is c1cc2nc(-c3ccc4nc(C5CCCN5)[nH]c4c3)ccc2cc1-c1ccc2nc(C3CCCN3)[nH]c2c1. The number of aromatic amines is 2. The van der Waals surface area contributed by atoms with Crippen molar-refractivity contribution in [1.82, 2.24) is 35.6 Å². The van der Waals surface area contributed by atoms with E-state index in [2.05, 4.69) is 87.3 Å². The van der Waals surface area contributed by atoms with Gasteiger partial charge >= 0.3 is 0 Å². The molecular weight excluding hydrogens is 470 g/mol. The normalized spacial score (nSPS) is 19.8. The molecule has 0 radical (unpaired) electrons. The Balaban J connectivity index is 1.10. The quantitative estimate of drug-likeness (QED) is 0.233. The minimum Gasteiger partial charge on any atom is -0.341 e. The molecule has 2 atom stereocenters. The molecule has 3 aromatic heterocycles. The van der Waals surface area contributed by atoms with Crippen LogP contribution in [0, 0.1) is 0 Å². The van der Waals surface area contributed by atoms with Crippen LogP contribution in [0.2, 0.25) is 0 Å². The van der Waals surface area contributed by atoms with Crippen molar-refractivity contribution in [2.24, 2.45) is 0 Å². The van der Waals surface area contributed by atoms with E-state index in [1.807, 2.05) is 0 Å². The summed E-state index contributed by atoms with van der Waals surface area (Å²) < 4.78 is 0. The molecule has 2 fully saturated rings. The monoisotopic (exact) mass is 499 g/mol. The van der Waals surface area contributed by atoms with Crippen LogP contribution < -0.4 is 10.6 Å². The van der Waals surface area contributed by atoms with Gasteiger partial charge in [-0.15, -0.1) is 0 Å². The summed E-state index contributed by atoms with van der Waals surface area (Å²) in [6.45, 7) is 2.13. The van der Waals surface area contributed by atoms with Crippen molar-refractivity contribution in [3.05, 3.63) is 78.4 Å². The van der Waals surface area contributed by atoms with Crippen LogP contribution in [0.5, 0.6) is 0 Å². The van der Waals surface area contributed by atoms with E-state index in [1.165, 1.54) is 24.0 Å². The first-order valence-electron chi connectivity index (χ1n) is 13.6. The molecule has 4 N–H and O–H groups in total. The molecule has 0 saturated carbocycles. The maximum absolute atomic E-state index is 5.00. The lowest BCUT2D eigenvalue weighted by molar-refractivity contribution is 0.614. The summed E-state index contributed by atoms with van der Waals surface area (Å²) in [6.07, 6.45) is 4.68. The van der Waals surface area contributed by atoms with Crippen molar-refractivity contribution in [3.63, 3.8) is 0 Å². The third-order valence-corrected chi connectivity index (χ3v) is 8.10. The summed E-state index contributed by atoms with van der Waals surface area (Å²) in [5, 5.41) is 8.18. The van der Waals surface area contributed by atoms with E-state index in [-0.39, 0.29) is 0 Å². The Morgan fingerprint density at radius 1 is 0.553 bits per heavy atom. The van der Waals surface area contributed by atoms with Crippen molar-refractivity contribution in [2.75, 3.05) is 13.1 Å². The van der Waals surface area contributed by atoms with E-state index in [0.717, 1.165) is 81.8 Å². The summed E-state index contributed by atoms with van der Waals surface area (Å²) in [5.74, 6) is 2.08. The Bertz CT molecular complexity index is 1670. The van der Waals surface area contributed by atoms with Crippen LogP contribution in [0.25, 0.3) is 55.4 Å². The van der Waals surface area contributed by atoms with Gasteiger partial charge in [-0.1, -0.05) is 24.3 Å². The van der Waals surface area contributed by atoms with Gasteiger partial charge < -0.3 is 20.6 Å². The zero-order chi connectivity index (χ0) is 25.1. The van der Waals surface area contributed by atoms with Gasteiger partial charge in [-0.25, -0.2) is 15.0 Å². The Morgan fingerprint density at radius 3 is 1.76 bits per heavy atom.